The molecule has 1 amide bonds. The summed E-state index contributed by atoms with van der Waals surface area (Å²) in [5, 5.41) is 2.76. The molecule has 3 rings (SSSR count). The van der Waals surface area contributed by atoms with Crippen LogP contribution >= 0.6 is 0 Å². The molecule has 1 aromatic heterocycles. The van der Waals surface area contributed by atoms with Crippen molar-refractivity contribution in [3.05, 3.63) is 48.4 Å². The van der Waals surface area contributed by atoms with Gasteiger partial charge in [-0.05, 0) is 30.7 Å². The van der Waals surface area contributed by atoms with E-state index in [0.29, 0.717) is 24.5 Å². The van der Waals surface area contributed by atoms with Crippen molar-refractivity contribution in [3.8, 4) is 5.75 Å². The maximum atomic E-state index is 11.9. The Morgan fingerprint density at radius 1 is 1.22 bits per heavy atom. The lowest BCUT2D eigenvalue weighted by Crippen LogP contribution is -2.26. The van der Waals surface area contributed by atoms with Crippen molar-refractivity contribution in [1.29, 1.82) is 0 Å². The molecule has 6 heteroatoms. The third-order valence-electron chi connectivity index (χ3n) is 3.36. The van der Waals surface area contributed by atoms with Gasteiger partial charge in [0, 0.05) is 18.2 Å². The molecule has 1 fully saturated rings. The summed E-state index contributed by atoms with van der Waals surface area (Å²) in [5.41, 5.74) is 0.647. The molecule has 1 saturated heterocycles. The normalized spacial score (nSPS) is 15.3. The van der Waals surface area contributed by atoms with Crippen LogP contribution in [0.3, 0.4) is 0 Å². The number of hydrogen-bond acceptors (Lipinski definition) is 5. The molecule has 0 radical (unpaired) electrons. The minimum atomic E-state index is -0.295. The maximum absolute atomic E-state index is 11.9. The third-order valence-corrected chi connectivity index (χ3v) is 3.36. The van der Waals surface area contributed by atoms with Crippen LogP contribution in [-0.4, -0.2) is 32.0 Å². The molecule has 1 N–H and O–H groups in total. The van der Waals surface area contributed by atoms with E-state index >= 15 is 0 Å². The van der Waals surface area contributed by atoms with Gasteiger partial charge in [0.25, 0.3) is 5.91 Å². The fourth-order valence-corrected chi connectivity index (χ4v) is 2.24. The molecule has 122 valence electrons. The first-order valence-corrected chi connectivity index (χ1v) is 7.62. The van der Waals surface area contributed by atoms with Crippen LogP contribution in [0.1, 0.15) is 23.4 Å². The predicted molar refractivity (Wildman–Crippen MR) is 83.5 cm³/mol. The Morgan fingerprint density at radius 2 is 2.09 bits per heavy atom. The van der Waals surface area contributed by atoms with Crippen molar-refractivity contribution in [2.75, 3.05) is 25.1 Å². The van der Waals surface area contributed by atoms with Crippen LogP contribution in [0.25, 0.3) is 0 Å². The molecule has 0 unspecified atom stereocenters. The molecule has 0 atom stereocenters. The van der Waals surface area contributed by atoms with Crippen LogP contribution in [0.2, 0.25) is 0 Å². The monoisotopic (exact) mass is 317 g/mol. The van der Waals surface area contributed by atoms with Crippen molar-refractivity contribution in [2.24, 2.45) is 0 Å². The average Bonchev–Trinajstić information content (AvgIpc) is 3.11. The summed E-state index contributed by atoms with van der Waals surface area (Å²) in [6.45, 7) is 1.96. The fraction of sp³-hybridized carbons (Fsp3) is 0.353. The Morgan fingerprint density at radius 3 is 2.87 bits per heavy atom. The van der Waals surface area contributed by atoms with Gasteiger partial charge in [0.2, 0.25) is 0 Å². The summed E-state index contributed by atoms with van der Waals surface area (Å²) in [7, 11) is 0. The van der Waals surface area contributed by atoms with Gasteiger partial charge in [-0.3, -0.25) is 4.79 Å². The van der Waals surface area contributed by atoms with Crippen molar-refractivity contribution in [2.45, 2.75) is 19.1 Å². The van der Waals surface area contributed by atoms with E-state index in [9.17, 15) is 4.79 Å². The van der Waals surface area contributed by atoms with Crippen LogP contribution in [0.4, 0.5) is 5.69 Å². The summed E-state index contributed by atoms with van der Waals surface area (Å²) in [5.74, 6) is 0.650. The lowest BCUT2D eigenvalue weighted by atomic mass is 10.3. The van der Waals surface area contributed by atoms with Gasteiger partial charge in [-0.2, -0.15) is 0 Å². The van der Waals surface area contributed by atoms with Crippen molar-refractivity contribution >= 4 is 11.6 Å². The minimum Gasteiger partial charge on any atom is -0.493 e. The Hall–Kier alpha value is -2.31. The van der Waals surface area contributed by atoms with Crippen molar-refractivity contribution in [1.82, 2.24) is 0 Å². The van der Waals surface area contributed by atoms with E-state index in [2.05, 4.69) is 5.32 Å². The first kappa shape index (κ1) is 15.6. The number of hydrogen-bond donors (Lipinski definition) is 1. The maximum Gasteiger partial charge on any atom is 0.291 e. The van der Waals surface area contributed by atoms with Gasteiger partial charge in [-0.25, -0.2) is 0 Å². The third kappa shape index (κ3) is 4.58. The number of benzene rings is 1. The molecular formula is C17H19NO5. The second-order valence-electron chi connectivity index (χ2n) is 5.12. The van der Waals surface area contributed by atoms with E-state index in [0.717, 1.165) is 19.6 Å². The number of carbonyl (C=O) groups is 1. The highest BCUT2D eigenvalue weighted by Gasteiger charge is 2.14. The van der Waals surface area contributed by atoms with E-state index in [1.807, 2.05) is 12.1 Å². The number of anilines is 1. The van der Waals surface area contributed by atoms with Gasteiger partial charge in [0.15, 0.2) is 12.1 Å². The molecule has 2 aromatic rings. The fourth-order valence-electron chi connectivity index (χ4n) is 2.24. The lowest BCUT2D eigenvalue weighted by Gasteiger charge is -2.23. The smallest absolute Gasteiger partial charge is 0.291 e. The largest absolute Gasteiger partial charge is 0.493 e. The molecule has 1 aromatic carbocycles. The number of furan rings is 1. The summed E-state index contributed by atoms with van der Waals surface area (Å²) in [4.78, 5) is 11.9. The SMILES string of the molecule is O=C(Nc1cccc(OCCC2OCCCO2)c1)c1ccco1. The number of ether oxygens (including phenoxy) is 3. The van der Waals surface area contributed by atoms with E-state index in [4.69, 9.17) is 18.6 Å². The average molecular weight is 317 g/mol. The number of carbonyl (C=O) groups excluding carboxylic acids is 1. The second-order valence-corrected chi connectivity index (χ2v) is 5.12. The topological polar surface area (TPSA) is 69.9 Å². The van der Waals surface area contributed by atoms with Crippen LogP contribution in [0, 0.1) is 0 Å². The van der Waals surface area contributed by atoms with E-state index in [-0.39, 0.29) is 18.0 Å². The van der Waals surface area contributed by atoms with Crippen LogP contribution in [0.5, 0.6) is 5.75 Å². The molecule has 0 saturated carbocycles. The van der Waals surface area contributed by atoms with Crippen molar-refractivity contribution < 1.29 is 23.4 Å². The first-order chi connectivity index (χ1) is 11.3. The number of amides is 1. The quantitative estimate of drug-likeness (QED) is 0.886. The summed E-state index contributed by atoms with van der Waals surface area (Å²) in [6.07, 6.45) is 2.88. The Balaban J connectivity index is 1.49. The van der Waals surface area contributed by atoms with Crippen LogP contribution in [0.15, 0.2) is 47.1 Å². The number of nitrogens with one attached hydrogen (secondary N) is 1. The Labute approximate surface area is 134 Å². The zero-order valence-electron chi connectivity index (χ0n) is 12.7. The molecule has 1 aliphatic rings. The minimum absolute atomic E-state index is 0.189. The van der Waals surface area contributed by atoms with Crippen LogP contribution in [-0.2, 0) is 9.47 Å². The van der Waals surface area contributed by atoms with Crippen molar-refractivity contribution in [3.63, 3.8) is 0 Å². The van der Waals surface area contributed by atoms with Gasteiger partial charge < -0.3 is 23.9 Å². The summed E-state index contributed by atoms with van der Waals surface area (Å²) < 4.78 is 21.7. The van der Waals surface area contributed by atoms with Gasteiger partial charge in [-0.1, -0.05) is 6.07 Å². The summed E-state index contributed by atoms with van der Waals surface area (Å²) in [6, 6.07) is 10.5. The zero-order chi connectivity index (χ0) is 15.9. The van der Waals surface area contributed by atoms with E-state index in [1.165, 1.54) is 6.26 Å². The zero-order valence-corrected chi connectivity index (χ0v) is 12.7. The molecule has 0 aliphatic carbocycles. The molecule has 0 bridgehead atoms. The van der Waals surface area contributed by atoms with Gasteiger partial charge >= 0.3 is 0 Å². The highest BCUT2D eigenvalue weighted by molar-refractivity contribution is 6.02. The molecule has 2 heterocycles. The number of rotatable bonds is 6. The molecule has 6 nitrogen and oxygen atoms in total. The highest BCUT2D eigenvalue weighted by Crippen LogP contribution is 2.19. The Bertz CT molecular complexity index is 620. The van der Waals surface area contributed by atoms with Gasteiger partial charge in [-0.15, -0.1) is 0 Å². The van der Waals surface area contributed by atoms with E-state index < -0.39 is 0 Å². The van der Waals surface area contributed by atoms with Gasteiger partial charge in [0.05, 0.1) is 26.1 Å². The molecular weight excluding hydrogens is 298 g/mol. The predicted octanol–water partition coefficient (Wildman–Crippen LogP) is 3.06. The molecule has 1 aliphatic heterocycles. The van der Waals surface area contributed by atoms with E-state index in [1.54, 1.807) is 24.3 Å². The Kier molecular flexibility index (Phi) is 5.29. The lowest BCUT2D eigenvalue weighted by molar-refractivity contribution is -0.183. The highest BCUT2D eigenvalue weighted by atomic mass is 16.7. The molecule has 23 heavy (non-hydrogen) atoms. The summed E-state index contributed by atoms with van der Waals surface area (Å²) >= 11 is 0. The second kappa shape index (κ2) is 7.80. The standard InChI is InChI=1S/C17H19NO5/c19-17(15-6-2-8-21-15)18-13-4-1-5-14(12-13)20-11-7-16-22-9-3-10-23-16/h1-2,4-6,8,12,16H,3,7,9-11H2,(H,18,19). The first-order valence-electron chi connectivity index (χ1n) is 7.62. The van der Waals surface area contributed by atoms with Crippen LogP contribution < -0.4 is 10.1 Å². The van der Waals surface area contributed by atoms with Gasteiger partial charge in [0.1, 0.15) is 5.75 Å². The molecule has 0 spiro atoms.